The Hall–Kier alpha value is -1.06. The van der Waals surface area contributed by atoms with Gasteiger partial charge in [0.2, 0.25) is 0 Å². The van der Waals surface area contributed by atoms with Gasteiger partial charge in [-0.1, -0.05) is 32.9 Å². The molecule has 1 aromatic rings. The number of nitrogens with one attached hydrogen (secondary N) is 1. The molecule has 3 nitrogen and oxygen atoms in total. The van der Waals surface area contributed by atoms with Gasteiger partial charge in [-0.15, -0.1) is 0 Å². The monoisotopic (exact) mass is 250 g/mol. The molecule has 102 valence electrons. The molecule has 0 saturated heterocycles. The standard InChI is InChI=1S/C15H26N2O/c1-5-17(4)9-10-18-15-8-6-7-14(11-15)12-16-13(2)3/h6-8,11,13,16H,5,9-10,12H2,1-4H3. The van der Waals surface area contributed by atoms with E-state index in [4.69, 9.17) is 4.74 Å². The lowest BCUT2D eigenvalue weighted by molar-refractivity contribution is 0.243. The summed E-state index contributed by atoms with van der Waals surface area (Å²) in [5.74, 6) is 0.961. The molecule has 0 aliphatic carbocycles. The van der Waals surface area contributed by atoms with Gasteiger partial charge < -0.3 is 15.0 Å². The maximum atomic E-state index is 5.76. The van der Waals surface area contributed by atoms with E-state index >= 15 is 0 Å². The highest BCUT2D eigenvalue weighted by molar-refractivity contribution is 5.28. The first-order valence-electron chi connectivity index (χ1n) is 6.75. The molecule has 1 rings (SSSR count). The van der Waals surface area contributed by atoms with Crippen LogP contribution in [0.15, 0.2) is 24.3 Å². The Morgan fingerprint density at radius 1 is 1.33 bits per heavy atom. The fourth-order valence-electron chi connectivity index (χ4n) is 1.54. The van der Waals surface area contributed by atoms with Crippen molar-refractivity contribution in [1.29, 1.82) is 0 Å². The van der Waals surface area contributed by atoms with Crippen LogP contribution in [-0.4, -0.2) is 37.7 Å². The minimum atomic E-state index is 0.507. The number of ether oxygens (including phenoxy) is 1. The van der Waals surface area contributed by atoms with Crippen LogP contribution in [0.2, 0.25) is 0 Å². The summed E-state index contributed by atoms with van der Waals surface area (Å²) in [4.78, 5) is 2.24. The molecule has 0 unspecified atom stereocenters. The van der Waals surface area contributed by atoms with E-state index in [1.807, 2.05) is 6.07 Å². The predicted molar refractivity (Wildman–Crippen MR) is 77.1 cm³/mol. The third-order valence-electron chi connectivity index (χ3n) is 2.89. The summed E-state index contributed by atoms with van der Waals surface area (Å²) in [6, 6.07) is 8.82. The molecule has 18 heavy (non-hydrogen) atoms. The normalized spacial score (nSPS) is 11.2. The summed E-state index contributed by atoms with van der Waals surface area (Å²) < 4.78 is 5.76. The largest absolute Gasteiger partial charge is 0.492 e. The Morgan fingerprint density at radius 2 is 2.11 bits per heavy atom. The Kier molecular flexibility index (Phi) is 6.76. The van der Waals surface area contributed by atoms with E-state index in [2.05, 4.69) is 56.2 Å². The molecule has 0 spiro atoms. The minimum Gasteiger partial charge on any atom is -0.492 e. The fraction of sp³-hybridized carbons (Fsp3) is 0.600. The molecular formula is C15H26N2O. The second-order valence-corrected chi connectivity index (χ2v) is 4.93. The van der Waals surface area contributed by atoms with Crippen molar-refractivity contribution >= 4 is 0 Å². The van der Waals surface area contributed by atoms with E-state index < -0.39 is 0 Å². The summed E-state index contributed by atoms with van der Waals surface area (Å²) >= 11 is 0. The SMILES string of the molecule is CCN(C)CCOc1cccc(CNC(C)C)c1. The topological polar surface area (TPSA) is 24.5 Å². The van der Waals surface area contributed by atoms with E-state index in [1.165, 1.54) is 5.56 Å². The van der Waals surface area contributed by atoms with Gasteiger partial charge in [-0.25, -0.2) is 0 Å². The van der Waals surface area contributed by atoms with E-state index in [1.54, 1.807) is 0 Å². The molecule has 0 amide bonds. The van der Waals surface area contributed by atoms with Crippen LogP contribution in [0.1, 0.15) is 26.3 Å². The lowest BCUT2D eigenvalue weighted by atomic mass is 10.2. The van der Waals surface area contributed by atoms with E-state index in [0.717, 1.165) is 32.0 Å². The number of rotatable bonds is 8. The van der Waals surface area contributed by atoms with Crippen LogP contribution in [-0.2, 0) is 6.54 Å². The molecule has 0 aliphatic heterocycles. The molecule has 0 heterocycles. The van der Waals surface area contributed by atoms with Gasteiger partial charge in [0.1, 0.15) is 12.4 Å². The van der Waals surface area contributed by atoms with Crippen LogP contribution in [0.4, 0.5) is 0 Å². The predicted octanol–water partition coefficient (Wildman–Crippen LogP) is 2.52. The average molecular weight is 250 g/mol. The third-order valence-corrected chi connectivity index (χ3v) is 2.89. The summed E-state index contributed by atoms with van der Waals surface area (Å²) in [5, 5.41) is 3.41. The van der Waals surface area contributed by atoms with Gasteiger partial charge in [-0.05, 0) is 31.3 Å². The van der Waals surface area contributed by atoms with E-state index in [9.17, 15) is 0 Å². The highest BCUT2D eigenvalue weighted by atomic mass is 16.5. The van der Waals surface area contributed by atoms with Crippen molar-refractivity contribution in [3.8, 4) is 5.75 Å². The van der Waals surface area contributed by atoms with Crippen LogP contribution < -0.4 is 10.1 Å². The third kappa shape index (κ3) is 6.03. The van der Waals surface area contributed by atoms with E-state index in [0.29, 0.717) is 6.04 Å². The van der Waals surface area contributed by atoms with Crippen LogP contribution in [0, 0.1) is 0 Å². The maximum Gasteiger partial charge on any atom is 0.119 e. The van der Waals surface area contributed by atoms with Crippen molar-refractivity contribution in [2.45, 2.75) is 33.4 Å². The zero-order valence-corrected chi connectivity index (χ0v) is 12.1. The van der Waals surface area contributed by atoms with Gasteiger partial charge >= 0.3 is 0 Å². The Bertz CT molecular complexity index is 339. The number of likely N-dealkylation sites (N-methyl/N-ethyl adjacent to an activating group) is 1. The maximum absolute atomic E-state index is 5.76. The average Bonchev–Trinajstić information content (AvgIpc) is 2.36. The second kappa shape index (κ2) is 8.11. The summed E-state index contributed by atoms with van der Waals surface area (Å²) in [5.41, 5.74) is 1.27. The Morgan fingerprint density at radius 3 is 2.78 bits per heavy atom. The van der Waals surface area contributed by atoms with Gasteiger partial charge in [-0.2, -0.15) is 0 Å². The van der Waals surface area contributed by atoms with Crippen LogP contribution in [0.25, 0.3) is 0 Å². The zero-order chi connectivity index (χ0) is 13.4. The molecule has 0 aromatic heterocycles. The van der Waals surface area contributed by atoms with Gasteiger partial charge in [-0.3, -0.25) is 0 Å². The number of nitrogens with zero attached hydrogens (tertiary/aromatic N) is 1. The smallest absolute Gasteiger partial charge is 0.119 e. The first kappa shape index (κ1) is 15.0. The lowest BCUT2D eigenvalue weighted by Crippen LogP contribution is -2.24. The molecule has 1 N–H and O–H groups in total. The first-order chi connectivity index (χ1) is 8.61. The second-order valence-electron chi connectivity index (χ2n) is 4.93. The molecule has 0 atom stereocenters. The number of hydrogen-bond donors (Lipinski definition) is 1. The highest BCUT2D eigenvalue weighted by Crippen LogP contribution is 2.13. The Balaban J connectivity index is 2.39. The van der Waals surface area contributed by atoms with Crippen molar-refractivity contribution in [2.24, 2.45) is 0 Å². The molecular weight excluding hydrogens is 224 g/mol. The summed E-state index contributed by atoms with van der Waals surface area (Å²) in [6.07, 6.45) is 0. The number of benzene rings is 1. The van der Waals surface area contributed by atoms with Gasteiger partial charge in [0, 0.05) is 19.1 Å². The fourth-order valence-corrected chi connectivity index (χ4v) is 1.54. The van der Waals surface area contributed by atoms with Gasteiger partial charge in [0.05, 0.1) is 0 Å². The van der Waals surface area contributed by atoms with Crippen LogP contribution >= 0.6 is 0 Å². The van der Waals surface area contributed by atoms with Crippen molar-refractivity contribution in [1.82, 2.24) is 10.2 Å². The minimum absolute atomic E-state index is 0.507. The van der Waals surface area contributed by atoms with Crippen LogP contribution in [0.3, 0.4) is 0 Å². The highest BCUT2D eigenvalue weighted by Gasteiger charge is 1.99. The van der Waals surface area contributed by atoms with Crippen molar-refractivity contribution in [3.63, 3.8) is 0 Å². The molecule has 0 bridgehead atoms. The molecule has 0 saturated carbocycles. The lowest BCUT2D eigenvalue weighted by Gasteiger charge is -2.15. The van der Waals surface area contributed by atoms with E-state index in [-0.39, 0.29) is 0 Å². The number of hydrogen-bond acceptors (Lipinski definition) is 3. The zero-order valence-electron chi connectivity index (χ0n) is 12.1. The summed E-state index contributed by atoms with van der Waals surface area (Å²) in [7, 11) is 2.10. The molecule has 0 fully saturated rings. The molecule has 3 heteroatoms. The Labute approximate surface area is 111 Å². The van der Waals surface area contributed by atoms with Crippen molar-refractivity contribution in [3.05, 3.63) is 29.8 Å². The van der Waals surface area contributed by atoms with Crippen molar-refractivity contribution in [2.75, 3.05) is 26.7 Å². The first-order valence-corrected chi connectivity index (χ1v) is 6.75. The van der Waals surface area contributed by atoms with Crippen molar-refractivity contribution < 1.29 is 4.74 Å². The quantitative estimate of drug-likeness (QED) is 0.767. The molecule has 0 radical (unpaired) electrons. The van der Waals surface area contributed by atoms with Gasteiger partial charge in [0.15, 0.2) is 0 Å². The van der Waals surface area contributed by atoms with Crippen LogP contribution in [0.5, 0.6) is 5.75 Å². The van der Waals surface area contributed by atoms with Gasteiger partial charge in [0.25, 0.3) is 0 Å². The molecule has 0 aliphatic rings. The molecule has 1 aromatic carbocycles. The summed E-state index contributed by atoms with van der Waals surface area (Å²) in [6.45, 7) is 10.1.